The quantitative estimate of drug-likeness (QED) is 0.571. The third-order valence-electron chi connectivity index (χ3n) is 2.24. The average Bonchev–Trinajstić information content (AvgIpc) is 2.30. The van der Waals surface area contributed by atoms with Crippen LogP contribution in [0.1, 0.15) is 26.2 Å². The van der Waals surface area contributed by atoms with E-state index < -0.39 is 10.0 Å². The molecule has 0 unspecified atom stereocenters. The molecule has 0 saturated carbocycles. The maximum absolute atomic E-state index is 13.4. The summed E-state index contributed by atoms with van der Waals surface area (Å²) < 4.78 is 36.7. The van der Waals surface area contributed by atoms with Crippen molar-refractivity contribution in [3.8, 4) is 0 Å². The summed E-state index contributed by atoms with van der Waals surface area (Å²) in [6.45, 7) is 1.90. The Bertz CT molecular complexity index is 405. The van der Waals surface area contributed by atoms with Crippen molar-refractivity contribution in [2.24, 2.45) is 0 Å². The van der Waals surface area contributed by atoms with Crippen molar-refractivity contribution in [3.63, 3.8) is 0 Å². The van der Waals surface area contributed by atoms with Crippen LogP contribution in [0.2, 0.25) is 0 Å². The van der Waals surface area contributed by atoms with E-state index in [0.29, 0.717) is 6.42 Å². The Kier molecular flexibility index (Phi) is 4.89. The van der Waals surface area contributed by atoms with Gasteiger partial charge >= 0.3 is 0 Å². The number of unbranched alkanes of at least 4 members (excludes halogenated alkanes) is 2. The lowest BCUT2D eigenvalue weighted by atomic mass is 10.3. The Morgan fingerprint density at radius 3 is 2.38 bits per heavy atom. The molecule has 1 aromatic rings. The molecule has 0 N–H and O–H groups in total. The van der Waals surface area contributed by atoms with Gasteiger partial charge in [0, 0.05) is 6.54 Å². The number of rotatable bonds is 6. The van der Waals surface area contributed by atoms with E-state index in [1.165, 1.54) is 12.1 Å². The molecule has 0 spiro atoms. The fraction of sp³-hybridized carbons (Fsp3) is 0.455. The minimum Gasteiger partial charge on any atom is -0.205 e. The summed E-state index contributed by atoms with van der Waals surface area (Å²) in [7, 11) is -3.95. The summed E-state index contributed by atoms with van der Waals surface area (Å²) in [5.74, 6) is 0. The highest BCUT2D eigenvalue weighted by molar-refractivity contribution is 7.89. The first-order valence-corrected chi connectivity index (χ1v) is 6.76. The number of nitrogens with zero attached hydrogens (tertiary/aromatic N) is 1. The van der Waals surface area contributed by atoms with Crippen LogP contribution < -0.4 is 0 Å². The number of hydrogen-bond acceptors (Lipinski definition) is 2. The van der Waals surface area contributed by atoms with Gasteiger partial charge < -0.3 is 0 Å². The summed E-state index contributed by atoms with van der Waals surface area (Å²) in [4.78, 5) is -0.00556. The smallest absolute Gasteiger partial charge is 0.205 e. The van der Waals surface area contributed by atoms with Gasteiger partial charge in [-0.15, -0.1) is 4.48 Å². The van der Waals surface area contributed by atoms with Crippen LogP contribution in [-0.2, 0) is 10.0 Å². The fourth-order valence-corrected chi connectivity index (χ4v) is 2.41. The van der Waals surface area contributed by atoms with Crippen molar-refractivity contribution in [1.82, 2.24) is 4.53 Å². The lowest BCUT2D eigenvalue weighted by Gasteiger charge is -2.11. The fourth-order valence-electron chi connectivity index (χ4n) is 1.31. The molecule has 0 aromatic heterocycles. The summed E-state index contributed by atoms with van der Waals surface area (Å²) in [6.07, 6.45) is 2.29. The molecule has 0 aliphatic carbocycles. The van der Waals surface area contributed by atoms with Crippen LogP contribution >= 0.6 is 0 Å². The third-order valence-corrected chi connectivity index (χ3v) is 3.81. The molecule has 0 heterocycles. The highest BCUT2D eigenvalue weighted by Crippen LogP contribution is 2.16. The summed E-state index contributed by atoms with van der Waals surface area (Å²) >= 11 is 0. The van der Waals surface area contributed by atoms with E-state index in [-0.39, 0.29) is 16.0 Å². The molecule has 3 nitrogen and oxygen atoms in total. The first-order valence-electron chi connectivity index (χ1n) is 5.32. The molecule has 0 bridgehead atoms. The van der Waals surface area contributed by atoms with E-state index in [9.17, 15) is 12.9 Å². The minimum atomic E-state index is -3.95. The standard InChI is InChI=1S/C11H16FNO2S/c1-2-3-7-10-13(12)16(14,15)11-8-5-4-6-9-11/h4-6,8-9H,2-3,7,10H2,1H3. The molecule has 0 fully saturated rings. The molecule has 90 valence electrons. The predicted octanol–water partition coefficient (Wildman–Crippen LogP) is 2.75. The Balaban J connectivity index is 2.71. The Morgan fingerprint density at radius 2 is 1.81 bits per heavy atom. The average molecular weight is 245 g/mol. The van der Waals surface area contributed by atoms with Gasteiger partial charge in [0.2, 0.25) is 0 Å². The van der Waals surface area contributed by atoms with Crippen molar-refractivity contribution in [2.75, 3.05) is 6.54 Å². The van der Waals surface area contributed by atoms with Gasteiger partial charge in [0.25, 0.3) is 10.0 Å². The lowest BCUT2D eigenvalue weighted by molar-refractivity contribution is 0.136. The van der Waals surface area contributed by atoms with Crippen LogP contribution in [0.3, 0.4) is 0 Å². The van der Waals surface area contributed by atoms with Crippen molar-refractivity contribution in [1.29, 1.82) is 0 Å². The first-order chi connectivity index (χ1) is 7.59. The molecule has 16 heavy (non-hydrogen) atoms. The zero-order valence-electron chi connectivity index (χ0n) is 9.27. The second kappa shape index (κ2) is 5.96. The predicted molar refractivity (Wildman–Crippen MR) is 61.0 cm³/mol. The van der Waals surface area contributed by atoms with Crippen LogP contribution in [0.4, 0.5) is 4.48 Å². The van der Waals surface area contributed by atoms with Crippen LogP contribution in [-0.4, -0.2) is 19.5 Å². The van der Waals surface area contributed by atoms with E-state index >= 15 is 0 Å². The topological polar surface area (TPSA) is 37.4 Å². The Labute approximate surface area is 95.9 Å². The van der Waals surface area contributed by atoms with Gasteiger partial charge in [-0.05, 0) is 23.1 Å². The third kappa shape index (κ3) is 3.28. The Hall–Kier alpha value is -0.940. The number of hydrogen-bond donors (Lipinski definition) is 0. The van der Waals surface area contributed by atoms with Crippen LogP contribution in [0.25, 0.3) is 0 Å². The molecular weight excluding hydrogens is 229 g/mol. The Morgan fingerprint density at radius 1 is 1.19 bits per heavy atom. The zero-order chi connectivity index (χ0) is 12.0. The highest BCUT2D eigenvalue weighted by Gasteiger charge is 2.23. The second-order valence-corrected chi connectivity index (χ2v) is 5.35. The van der Waals surface area contributed by atoms with Crippen molar-refractivity contribution in [3.05, 3.63) is 30.3 Å². The van der Waals surface area contributed by atoms with Gasteiger partial charge in [-0.3, -0.25) is 0 Å². The van der Waals surface area contributed by atoms with E-state index in [0.717, 1.165) is 12.8 Å². The van der Waals surface area contributed by atoms with E-state index in [4.69, 9.17) is 0 Å². The lowest BCUT2D eigenvalue weighted by Crippen LogP contribution is -2.24. The first kappa shape index (κ1) is 13.1. The molecule has 0 amide bonds. The second-order valence-electron chi connectivity index (χ2n) is 3.54. The zero-order valence-corrected chi connectivity index (χ0v) is 10.1. The molecule has 0 atom stereocenters. The minimum absolute atomic E-state index is 0.00556. The largest absolute Gasteiger partial charge is 0.269 e. The maximum Gasteiger partial charge on any atom is 0.269 e. The number of halogens is 1. The van der Waals surface area contributed by atoms with Crippen LogP contribution in [0, 0.1) is 0 Å². The molecule has 0 saturated heterocycles. The number of benzene rings is 1. The van der Waals surface area contributed by atoms with Crippen molar-refractivity contribution in [2.45, 2.75) is 31.1 Å². The highest BCUT2D eigenvalue weighted by atomic mass is 32.2. The molecule has 1 aromatic carbocycles. The monoisotopic (exact) mass is 245 g/mol. The van der Waals surface area contributed by atoms with E-state index in [1.807, 2.05) is 6.92 Å². The molecule has 0 aliphatic rings. The number of sulfonamides is 1. The van der Waals surface area contributed by atoms with E-state index in [1.54, 1.807) is 18.2 Å². The molecule has 5 heteroatoms. The molecular formula is C11H16FNO2S. The summed E-state index contributed by atoms with van der Waals surface area (Å²) in [5.41, 5.74) is 0. The summed E-state index contributed by atoms with van der Waals surface area (Å²) in [5, 5.41) is 0. The SMILES string of the molecule is CCCCCN(F)S(=O)(=O)c1ccccc1. The van der Waals surface area contributed by atoms with Gasteiger partial charge in [0.05, 0.1) is 4.90 Å². The van der Waals surface area contributed by atoms with Crippen molar-refractivity contribution < 1.29 is 12.9 Å². The van der Waals surface area contributed by atoms with Gasteiger partial charge in [0.1, 0.15) is 0 Å². The van der Waals surface area contributed by atoms with Crippen molar-refractivity contribution >= 4 is 10.0 Å². The van der Waals surface area contributed by atoms with E-state index in [2.05, 4.69) is 0 Å². The van der Waals surface area contributed by atoms with Gasteiger partial charge in [-0.2, -0.15) is 0 Å². The maximum atomic E-state index is 13.4. The van der Waals surface area contributed by atoms with Gasteiger partial charge in [0.15, 0.2) is 0 Å². The molecule has 0 aliphatic heterocycles. The molecule has 0 radical (unpaired) electrons. The summed E-state index contributed by atoms with van der Waals surface area (Å²) in [6, 6.07) is 7.63. The normalized spacial score (nSPS) is 11.9. The van der Waals surface area contributed by atoms with Gasteiger partial charge in [-0.25, -0.2) is 8.42 Å². The van der Waals surface area contributed by atoms with Gasteiger partial charge in [-0.1, -0.05) is 38.0 Å². The van der Waals surface area contributed by atoms with Crippen LogP contribution in [0.5, 0.6) is 0 Å². The molecule has 1 rings (SSSR count). The van der Waals surface area contributed by atoms with Crippen LogP contribution in [0.15, 0.2) is 35.2 Å².